The second-order valence-electron chi connectivity index (χ2n) is 7.78. The minimum atomic E-state index is -3.90. The Morgan fingerprint density at radius 3 is 1.24 bits per heavy atom. The number of rotatable bonds is 7. The molecule has 0 atom stereocenters. The van der Waals surface area contributed by atoms with E-state index in [1.807, 2.05) is 0 Å². The summed E-state index contributed by atoms with van der Waals surface area (Å²) >= 11 is 0. The minimum Gasteiger partial charge on any atom is -0.258 e. The van der Waals surface area contributed by atoms with Crippen LogP contribution in [0, 0.1) is 47.8 Å². The minimum absolute atomic E-state index is 0.0237. The highest BCUT2D eigenvalue weighted by Gasteiger charge is 2.36. The highest BCUT2D eigenvalue weighted by molar-refractivity contribution is 7.87. The van der Waals surface area contributed by atoms with Crippen molar-refractivity contribution in [3.8, 4) is 0 Å². The highest BCUT2D eigenvalue weighted by Crippen LogP contribution is 2.54. The molecule has 0 aliphatic rings. The van der Waals surface area contributed by atoms with Gasteiger partial charge in [-0.25, -0.2) is 17.9 Å². The van der Waals surface area contributed by atoms with Crippen LogP contribution in [0.25, 0.3) is 0 Å². The van der Waals surface area contributed by atoms with Crippen molar-refractivity contribution in [2.24, 2.45) is 4.74 Å². The predicted octanol–water partition coefficient (Wildman–Crippen LogP) is 5.64. The van der Waals surface area contributed by atoms with Crippen molar-refractivity contribution in [1.29, 1.82) is 0 Å². The van der Waals surface area contributed by atoms with E-state index in [4.69, 9.17) is 0 Å². The molecule has 0 radical (unpaired) electrons. The van der Waals surface area contributed by atoms with Crippen LogP contribution in [-0.4, -0.2) is 14.8 Å². The van der Waals surface area contributed by atoms with E-state index in [0.717, 1.165) is 36.4 Å². The third kappa shape index (κ3) is 4.87. The molecule has 0 heterocycles. The molecule has 0 aliphatic heterocycles. The van der Waals surface area contributed by atoms with Crippen LogP contribution in [-0.2, 0) is 0 Å². The molecule has 0 aliphatic carbocycles. The topological polar surface area (TPSA) is 142 Å². The monoisotopic (exact) mass is 542 g/mol. The normalized spacial score (nSPS) is 11.1. The van der Waals surface area contributed by atoms with Crippen LogP contribution in [0.4, 0.5) is 35.9 Å². The second-order valence-corrected chi connectivity index (χ2v) is 10.8. The number of hydrogen-bond acceptors (Lipinski definition) is 7. The fourth-order valence-corrected chi connectivity index (χ4v) is 7.46. The Hall–Kier alpha value is -4.90. The molecule has 192 valence electrons. The zero-order valence-electron chi connectivity index (χ0n) is 18.9. The Morgan fingerprint density at radius 2 is 0.947 bits per heavy atom. The molecule has 0 fully saturated rings. The lowest BCUT2D eigenvalue weighted by Crippen LogP contribution is -2.26. The van der Waals surface area contributed by atoms with Gasteiger partial charge in [0.1, 0.15) is 17.5 Å². The van der Waals surface area contributed by atoms with Gasteiger partial charge in [0.15, 0.2) is 0 Å². The molecule has 0 unspecified atom stereocenters. The zero-order valence-corrected chi connectivity index (χ0v) is 19.8. The summed E-state index contributed by atoms with van der Waals surface area (Å²) in [5.74, 6) is -2.33. The van der Waals surface area contributed by atoms with Crippen molar-refractivity contribution in [1.82, 2.24) is 0 Å². The maximum absolute atomic E-state index is 14.5. The predicted molar refractivity (Wildman–Crippen MR) is 134 cm³/mol. The molecule has 0 aromatic heterocycles. The maximum atomic E-state index is 14.5. The van der Waals surface area contributed by atoms with E-state index in [9.17, 15) is 43.5 Å². The van der Waals surface area contributed by atoms with Gasteiger partial charge in [0, 0.05) is 15.9 Å². The van der Waals surface area contributed by atoms with E-state index in [0.29, 0.717) is 12.1 Å². The van der Waals surface area contributed by atoms with Crippen molar-refractivity contribution in [3.05, 3.63) is 133 Å². The molecule has 0 saturated heterocycles. The average molecular weight is 542 g/mol. The second kappa shape index (κ2) is 10.2. The van der Waals surface area contributed by atoms with Gasteiger partial charge in [0.2, 0.25) is 5.69 Å². The fourth-order valence-electron chi connectivity index (χ4n) is 3.88. The number of nitrogens with zero attached hydrogens (tertiary/aromatic N) is 4. The molecule has 0 spiro atoms. The quantitative estimate of drug-likeness (QED) is 0.168. The molecule has 0 saturated carbocycles. The first-order chi connectivity index (χ1) is 18.0. The van der Waals surface area contributed by atoms with Crippen LogP contribution in [0.5, 0.6) is 0 Å². The first-order valence-corrected chi connectivity index (χ1v) is 12.3. The molecule has 4 aromatic rings. The largest absolute Gasteiger partial charge is 0.308 e. The Bertz CT molecular complexity index is 1530. The van der Waals surface area contributed by atoms with Crippen LogP contribution in [0.2, 0.25) is 0 Å². The summed E-state index contributed by atoms with van der Waals surface area (Å²) in [5, 5.41) is 35.3. The molecule has 4 rings (SSSR count). The Labute approximate surface area is 211 Å². The molecule has 14 heteroatoms. The number of non-ortho nitro benzene ring substituents is 1. The van der Waals surface area contributed by atoms with Gasteiger partial charge < -0.3 is 0 Å². The van der Waals surface area contributed by atoms with Crippen molar-refractivity contribution in [2.75, 3.05) is 0 Å². The standard InChI is InChI=1S/C24H14F3N4O6P/c25-15-4-1-7-19(10-15)38(20-8-2-5-16(26)11-20,21-9-3-6-17(27)12-21)28-24-22(30(34)35)13-18(29(32)33)14-23(24)31(36)37/h1-14H. The van der Waals surface area contributed by atoms with Gasteiger partial charge in [-0.2, -0.15) is 0 Å². The van der Waals surface area contributed by atoms with Gasteiger partial charge in [-0.15, -0.1) is 0 Å². The fraction of sp³-hybridized carbons (Fsp3) is 0. The van der Waals surface area contributed by atoms with Gasteiger partial charge in [0.25, 0.3) is 5.69 Å². The van der Waals surface area contributed by atoms with Crippen LogP contribution >= 0.6 is 7.05 Å². The summed E-state index contributed by atoms with van der Waals surface area (Å²) in [4.78, 5) is 32.0. The Morgan fingerprint density at radius 1 is 0.579 bits per heavy atom. The first kappa shape index (κ1) is 26.2. The van der Waals surface area contributed by atoms with Crippen molar-refractivity contribution >= 4 is 45.7 Å². The average Bonchev–Trinajstić information content (AvgIpc) is 2.86. The van der Waals surface area contributed by atoms with E-state index >= 15 is 0 Å². The van der Waals surface area contributed by atoms with Crippen LogP contribution in [0.15, 0.2) is 89.7 Å². The molecular formula is C24H14F3N4O6P. The van der Waals surface area contributed by atoms with E-state index in [1.54, 1.807) is 0 Å². The summed E-state index contributed by atoms with van der Waals surface area (Å²) in [6.07, 6.45) is 0. The van der Waals surface area contributed by atoms with Crippen LogP contribution < -0.4 is 15.9 Å². The number of nitro groups is 3. The highest BCUT2D eigenvalue weighted by atomic mass is 31.2. The lowest BCUT2D eigenvalue weighted by atomic mass is 10.2. The van der Waals surface area contributed by atoms with E-state index in [-0.39, 0.29) is 15.9 Å². The molecule has 10 nitrogen and oxygen atoms in total. The lowest BCUT2D eigenvalue weighted by molar-refractivity contribution is -0.402. The summed E-state index contributed by atoms with van der Waals surface area (Å²) in [7, 11) is -3.90. The third-order valence-corrected chi connectivity index (χ3v) is 9.03. The SMILES string of the molecule is O=[N+]([O-])c1cc([N+](=O)[O-])c(N=P(c2cccc(F)c2)(c2cccc(F)c2)c2cccc(F)c2)c([N+](=O)[O-])c1. The molecular weight excluding hydrogens is 528 g/mol. The van der Waals surface area contributed by atoms with Gasteiger partial charge in [0.05, 0.1) is 34.0 Å². The zero-order chi connectivity index (χ0) is 27.6. The van der Waals surface area contributed by atoms with Crippen LogP contribution in [0.1, 0.15) is 0 Å². The summed E-state index contributed by atoms with van der Waals surface area (Å²) in [6, 6.07) is 15.3. The summed E-state index contributed by atoms with van der Waals surface area (Å²) in [5.41, 5.74) is -3.98. The van der Waals surface area contributed by atoms with E-state index < -0.39 is 62.0 Å². The number of halogens is 3. The van der Waals surface area contributed by atoms with Gasteiger partial charge in [-0.1, -0.05) is 36.4 Å². The third-order valence-electron chi connectivity index (χ3n) is 5.45. The number of nitro benzene ring substituents is 3. The molecule has 38 heavy (non-hydrogen) atoms. The van der Waals surface area contributed by atoms with Crippen LogP contribution in [0.3, 0.4) is 0 Å². The number of hydrogen-bond donors (Lipinski definition) is 0. The molecule has 0 N–H and O–H groups in total. The molecule has 0 bridgehead atoms. The van der Waals surface area contributed by atoms with Gasteiger partial charge in [-0.3, -0.25) is 30.3 Å². The smallest absolute Gasteiger partial charge is 0.258 e. The Kier molecular flexibility index (Phi) is 7.04. The van der Waals surface area contributed by atoms with Crippen molar-refractivity contribution in [2.45, 2.75) is 0 Å². The number of benzene rings is 4. The maximum Gasteiger partial charge on any atom is 0.308 e. The van der Waals surface area contributed by atoms with Gasteiger partial charge in [-0.05, 0) is 36.4 Å². The van der Waals surface area contributed by atoms with E-state index in [1.165, 1.54) is 36.4 Å². The Balaban J connectivity index is 2.32. The summed E-state index contributed by atoms with van der Waals surface area (Å²) < 4.78 is 48.0. The molecule has 4 aromatic carbocycles. The summed E-state index contributed by atoms with van der Waals surface area (Å²) in [6.45, 7) is 0. The van der Waals surface area contributed by atoms with Crippen molar-refractivity contribution in [3.63, 3.8) is 0 Å². The lowest BCUT2D eigenvalue weighted by Gasteiger charge is -2.27. The molecule has 0 amide bonds. The first-order valence-electron chi connectivity index (χ1n) is 10.5. The van der Waals surface area contributed by atoms with Crippen molar-refractivity contribution < 1.29 is 27.9 Å². The van der Waals surface area contributed by atoms with Gasteiger partial charge >= 0.3 is 11.4 Å². The van der Waals surface area contributed by atoms with E-state index in [2.05, 4.69) is 4.74 Å².